The Labute approximate surface area is 129 Å². The fourth-order valence-corrected chi connectivity index (χ4v) is 3.34. The average Bonchev–Trinajstić information content (AvgIpc) is 3.30. The third-order valence-corrected chi connectivity index (χ3v) is 4.73. The largest absolute Gasteiger partial charge is 0.388 e. The van der Waals surface area contributed by atoms with Crippen LogP contribution in [-0.2, 0) is 6.54 Å². The van der Waals surface area contributed by atoms with Gasteiger partial charge in [-0.1, -0.05) is 24.3 Å². The summed E-state index contributed by atoms with van der Waals surface area (Å²) in [5.41, 5.74) is 3.89. The highest BCUT2D eigenvalue weighted by Gasteiger charge is 2.31. The summed E-state index contributed by atoms with van der Waals surface area (Å²) in [4.78, 5) is 18.0. The molecule has 1 fully saturated rings. The van der Waals surface area contributed by atoms with Crippen LogP contribution in [0.3, 0.4) is 0 Å². The van der Waals surface area contributed by atoms with E-state index in [0.29, 0.717) is 25.4 Å². The molecule has 0 bridgehead atoms. The number of carbonyl (C=O) groups excluding carboxylic acids is 1. The number of fused-ring (bicyclic) bond motifs is 1. The van der Waals surface area contributed by atoms with Crippen molar-refractivity contribution in [2.75, 3.05) is 6.54 Å². The molecule has 2 heterocycles. The Balaban J connectivity index is 1.63. The number of nitrogens with zero attached hydrogens (tertiary/aromatic N) is 1. The third kappa shape index (κ3) is 2.33. The van der Waals surface area contributed by atoms with E-state index >= 15 is 0 Å². The van der Waals surface area contributed by atoms with E-state index in [1.165, 1.54) is 12.8 Å². The quantitative estimate of drug-likeness (QED) is 0.895. The Morgan fingerprint density at radius 2 is 2.00 bits per heavy atom. The summed E-state index contributed by atoms with van der Waals surface area (Å²) < 4.78 is 0. The maximum atomic E-state index is 12.9. The van der Waals surface area contributed by atoms with Gasteiger partial charge in [0.2, 0.25) is 0 Å². The standard InChI is InChI=1S/C18H20N2O2/c21-16-8-10-20(11-13-3-1-2-4-14(13)16)18(22)15-7-9-19-17(15)12-5-6-12/h1-4,7,9,12,16,19,21H,5-6,8,10-11H2. The molecule has 1 atom stereocenters. The summed E-state index contributed by atoms with van der Waals surface area (Å²) in [7, 11) is 0. The van der Waals surface area contributed by atoms with Gasteiger partial charge in [0, 0.05) is 25.0 Å². The Bertz CT molecular complexity index is 703. The van der Waals surface area contributed by atoms with Crippen molar-refractivity contribution < 1.29 is 9.90 Å². The number of carbonyl (C=O) groups is 1. The predicted molar refractivity (Wildman–Crippen MR) is 83.5 cm³/mol. The lowest BCUT2D eigenvalue weighted by Gasteiger charge is -2.21. The summed E-state index contributed by atoms with van der Waals surface area (Å²) >= 11 is 0. The molecule has 0 radical (unpaired) electrons. The molecule has 2 aliphatic rings. The highest BCUT2D eigenvalue weighted by Crippen LogP contribution is 2.41. The summed E-state index contributed by atoms with van der Waals surface area (Å²) in [5.74, 6) is 0.603. The van der Waals surface area contributed by atoms with Gasteiger partial charge in [-0.3, -0.25) is 4.79 Å². The van der Waals surface area contributed by atoms with Gasteiger partial charge < -0.3 is 15.0 Å². The van der Waals surface area contributed by atoms with Crippen molar-refractivity contribution in [3.63, 3.8) is 0 Å². The maximum absolute atomic E-state index is 12.9. The summed E-state index contributed by atoms with van der Waals surface area (Å²) in [5, 5.41) is 10.3. The van der Waals surface area contributed by atoms with Gasteiger partial charge in [-0.05, 0) is 42.4 Å². The van der Waals surface area contributed by atoms with Crippen molar-refractivity contribution in [3.8, 4) is 0 Å². The van der Waals surface area contributed by atoms with Gasteiger partial charge >= 0.3 is 0 Å². The van der Waals surface area contributed by atoms with Gasteiger partial charge in [-0.2, -0.15) is 0 Å². The molecule has 22 heavy (non-hydrogen) atoms. The first-order valence-electron chi connectivity index (χ1n) is 7.96. The Hall–Kier alpha value is -2.07. The van der Waals surface area contributed by atoms with Crippen LogP contribution in [-0.4, -0.2) is 27.4 Å². The number of aromatic amines is 1. The minimum absolute atomic E-state index is 0.0760. The van der Waals surface area contributed by atoms with Crippen LogP contribution in [0.15, 0.2) is 36.5 Å². The zero-order valence-electron chi connectivity index (χ0n) is 12.5. The van der Waals surface area contributed by atoms with E-state index in [4.69, 9.17) is 0 Å². The highest BCUT2D eigenvalue weighted by molar-refractivity contribution is 5.95. The molecular weight excluding hydrogens is 276 g/mol. The highest BCUT2D eigenvalue weighted by atomic mass is 16.3. The lowest BCUT2D eigenvalue weighted by atomic mass is 10.0. The minimum atomic E-state index is -0.483. The van der Waals surface area contributed by atoms with Gasteiger partial charge in [0.05, 0.1) is 11.7 Å². The number of amides is 1. The van der Waals surface area contributed by atoms with Gasteiger partial charge in [-0.25, -0.2) is 0 Å². The first-order chi connectivity index (χ1) is 10.7. The van der Waals surface area contributed by atoms with Crippen molar-refractivity contribution in [2.45, 2.75) is 37.8 Å². The van der Waals surface area contributed by atoms with E-state index < -0.39 is 6.10 Å². The molecule has 4 nitrogen and oxygen atoms in total. The number of aliphatic hydroxyl groups excluding tert-OH is 1. The minimum Gasteiger partial charge on any atom is -0.388 e. The maximum Gasteiger partial charge on any atom is 0.255 e. The number of hydrogen-bond acceptors (Lipinski definition) is 2. The van der Waals surface area contributed by atoms with Crippen molar-refractivity contribution in [1.82, 2.24) is 9.88 Å². The molecular formula is C18H20N2O2. The molecule has 1 unspecified atom stereocenters. The van der Waals surface area contributed by atoms with Gasteiger partial charge in [0.1, 0.15) is 0 Å². The molecule has 1 aliphatic carbocycles. The van der Waals surface area contributed by atoms with Crippen LogP contribution in [0.25, 0.3) is 0 Å². The normalized spacial score (nSPS) is 21.3. The SMILES string of the molecule is O=C(c1cc[nH]c1C1CC1)N1CCC(O)c2ccccc2C1. The van der Waals surface area contributed by atoms with E-state index in [1.54, 1.807) is 0 Å². The number of aromatic nitrogens is 1. The van der Waals surface area contributed by atoms with Crippen LogP contribution >= 0.6 is 0 Å². The second kappa shape index (κ2) is 5.29. The predicted octanol–water partition coefficient (Wildman–Crippen LogP) is 2.97. The van der Waals surface area contributed by atoms with Crippen molar-refractivity contribution in [1.29, 1.82) is 0 Å². The monoisotopic (exact) mass is 296 g/mol. The van der Waals surface area contributed by atoms with Crippen molar-refractivity contribution >= 4 is 5.91 Å². The van der Waals surface area contributed by atoms with E-state index in [-0.39, 0.29) is 5.91 Å². The molecule has 2 aromatic rings. The lowest BCUT2D eigenvalue weighted by molar-refractivity contribution is 0.0722. The van der Waals surface area contributed by atoms with Gasteiger partial charge in [0.25, 0.3) is 5.91 Å². The fraction of sp³-hybridized carbons (Fsp3) is 0.389. The molecule has 2 N–H and O–H groups in total. The topological polar surface area (TPSA) is 56.3 Å². The first kappa shape index (κ1) is 13.6. The molecule has 114 valence electrons. The molecule has 1 aliphatic heterocycles. The molecule has 1 aromatic heterocycles. The Morgan fingerprint density at radius 3 is 2.82 bits per heavy atom. The number of H-pyrrole nitrogens is 1. The van der Waals surface area contributed by atoms with Crippen LogP contribution in [0.1, 0.15) is 58.5 Å². The molecule has 4 heteroatoms. The van der Waals surface area contributed by atoms with Crippen molar-refractivity contribution in [2.24, 2.45) is 0 Å². The first-order valence-corrected chi connectivity index (χ1v) is 7.96. The van der Waals surface area contributed by atoms with Crippen molar-refractivity contribution in [3.05, 3.63) is 58.9 Å². The lowest BCUT2D eigenvalue weighted by Crippen LogP contribution is -2.31. The number of aliphatic hydroxyl groups is 1. The Morgan fingerprint density at radius 1 is 1.18 bits per heavy atom. The average molecular weight is 296 g/mol. The second-order valence-corrected chi connectivity index (χ2v) is 6.31. The summed E-state index contributed by atoms with van der Waals surface area (Å²) in [6.45, 7) is 1.16. The van der Waals surface area contributed by atoms with Crippen LogP contribution in [0, 0.1) is 0 Å². The zero-order valence-corrected chi connectivity index (χ0v) is 12.5. The van der Waals surface area contributed by atoms with Crippen LogP contribution in [0.4, 0.5) is 0 Å². The molecule has 4 rings (SSSR count). The van der Waals surface area contributed by atoms with Crippen LogP contribution in [0.2, 0.25) is 0 Å². The van der Waals surface area contributed by atoms with E-state index in [2.05, 4.69) is 4.98 Å². The number of nitrogens with one attached hydrogen (secondary N) is 1. The van der Waals surface area contributed by atoms with E-state index in [1.807, 2.05) is 41.4 Å². The van der Waals surface area contributed by atoms with E-state index in [9.17, 15) is 9.90 Å². The van der Waals surface area contributed by atoms with Crippen LogP contribution < -0.4 is 0 Å². The molecule has 1 saturated carbocycles. The Kier molecular flexibility index (Phi) is 3.26. The summed E-state index contributed by atoms with van der Waals surface area (Å²) in [6.07, 6.45) is 4.31. The zero-order chi connectivity index (χ0) is 15.1. The number of rotatable bonds is 2. The van der Waals surface area contributed by atoms with E-state index in [0.717, 1.165) is 22.4 Å². The number of benzene rings is 1. The summed E-state index contributed by atoms with van der Waals surface area (Å²) in [6, 6.07) is 9.76. The molecule has 0 spiro atoms. The van der Waals surface area contributed by atoms with Gasteiger partial charge in [-0.15, -0.1) is 0 Å². The van der Waals surface area contributed by atoms with Crippen LogP contribution in [0.5, 0.6) is 0 Å². The number of hydrogen-bond donors (Lipinski definition) is 2. The van der Waals surface area contributed by atoms with Gasteiger partial charge in [0.15, 0.2) is 0 Å². The molecule has 1 amide bonds. The smallest absolute Gasteiger partial charge is 0.255 e. The molecule has 0 saturated heterocycles. The third-order valence-electron chi connectivity index (χ3n) is 4.73. The fourth-order valence-electron chi connectivity index (χ4n) is 3.34. The molecule has 1 aromatic carbocycles. The second-order valence-electron chi connectivity index (χ2n) is 6.31.